The van der Waals surface area contributed by atoms with Crippen LogP contribution >= 0.6 is 0 Å². The van der Waals surface area contributed by atoms with Gasteiger partial charge in [0.05, 0.1) is 13.2 Å². The van der Waals surface area contributed by atoms with E-state index in [9.17, 15) is 0 Å². The predicted octanol–water partition coefficient (Wildman–Crippen LogP) is 3.14. The molecule has 1 fully saturated rings. The minimum Gasteiger partial charge on any atom is -0.493 e. The lowest BCUT2D eigenvalue weighted by molar-refractivity contribution is -0.0116. The molecule has 0 aromatic heterocycles. The summed E-state index contributed by atoms with van der Waals surface area (Å²) in [6.07, 6.45) is 4.80. The zero-order chi connectivity index (χ0) is 14.9. The quantitative estimate of drug-likeness (QED) is 0.747. The van der Waals surface area contributed by atoms with Crippen LogP contribution in [0.4, 0.5) is 0 Å². The van der Waals surface area contributed by atoms with Crippen molar-refractivity contribution < 1.29 is 14.2 Å². The van der Waals surface area contributed by atoms with E-state index in [1.807, 2.05) is 12.1 Å². The van der Waals surface area contributed by atoms with Gasteiger partial charge in [0.25, 0.3) is 0 Å². The van der Waals surface area contributed by atoms with Gasteiger partial charge in [0.1, 0.15) is 6.61 Å². The summed E-state index contributed by atoms with van der Waals surface area (Å²) >= 11 is 0. The number of benzene rings is 1. The minimum atomic E-state index is 0.208. The second-order valence-electron chi connectivity index (χ2n) is 5.42. The van der Waals surface area contributed by atoms with Crippen LogP contribution in [0.25, 0.3) is 0 Å². The molecule has 1 N–H and O–H groups in total. The Morgan fingerprint density at radius 2 is 2.24 bits per heavy atom. The third kappa shape index (κ3) is 4.90. The van der Waals surface area contributed by atoms with Crippen molar-refractivity contribution in [1.82, 2.24) is 5.32 Å². The zero-order valence-corrected chi connectivity index (χ0v) is 13.2. The van der Waals surface area contributed by atoms with Gasteiger partial charge in [-0.3, -0.25) is 0 Å². The maximum atomic E-state index is 6.04. The molecule has 1 saturated heterocycles. The van der Waals surface area contributed by atoms with Gasteiger partial charge in [-0.2, -0.15) is 0 Å². The average molecular weight is 293 g/mol. The highest BCUT2D eigenvalue weighted by atomic mass is 16.5. The molecule has 1 unspecified atom stereocenters. The summed E-state index contributed by atoms with van der Waals surface area (Å²) in [5.41, 5.74) is 1.14. The van der Waals surface area contributed by atoms with Crippen LogP contribution in [0.15, 0.2) is 18.2 Å². The van der Waals surface area contributed by atoms with Gasteiger partial charge in [-0.25, -0.2) is 0 Å². The molecule has 1 heterocycles. The lowest BCUT2D eigenvalue weighted by Crippen LogP contribution is -2.26. The summed E-state index contributed by atoms with van der Waals surface area (Å²) in [5, 5.41) is 3.41. The van der Waals surface area contributed by atoms with Gasteiger partial charge in [0, 0.05) is 18.7 Å². The summed E-state index contributed by atoms with van der Waals surface area (Å²) in [5.74, 6) is 1.64. The molecular formula is C17H27NO3. The van der Waals surface area contributed by atoms with Crippen LogP contribution in [0.3, 0.4) is 0 Å². The van der Waals surface area contributed by atoms with Crippen molar-refractivity contribution in [3.63, 3.8) is 0 Å². The van der Waals surface area contributed by atoms with Gasteiger partial charge in [0.15, 0.2) is 11.5 Å². The van der Waals surface area contributed by atoms with Gasteiger partial charge in [-0.1, -0.05) is 19.1 Å². The standard InChI is InChI=1S/C17H27NO3/c1-3-10-18-12-14-7-6-9-16(19-2)17(14)21-13-15-8-4-5-11-20-15/h6-7,9,15,18H,3-5,8,10-13H2,1-2H3. The highest BCUT2D eigenvalue weighted by Crippen LogP contribution is 2.31. The van der Waals surface area contributed by atoms with Crippen LogP contribution in [-0.2, 0) is 11.3 Å². The lowest BCUT2D eigenvalue weighted by Gasteiger charge is -2.24. The third-order valence-electron chi connectivity index (χ3n) is 3.71. The molecule has 2 rings (SSSR count). The second-order valence-corrected chi connectivity index (χ2v) is 5.42. The molecule has 1 aromatic carbocycles. The summed E-state index contributed by atoms with van der Waals surface area (Å²) in [6, 6.07) is 6.04. The van der Waals surface area contributed by atoms with Gasteiger partial charge in [0.2, 0.25) is 0 Å². The first-order chi connectivity index (χ1) is 10.3. The molecule has 1 aromatic rings. The SMILES string of the molecule is CCCNCc1cccc(OC)c1OCC1CCCCO1. The number of rotatable bonds is 8. The van der Waals surface area contributed by atoms with Crippen molar-refractivity contribution in [2.75, 3.05) is 26.9 Å². The minimum absolute atomic E-state index is 0.208. The summed E-state index contributed by atoms with van der Waals surface area (Å²) < 4.78 is 17.2. The number of hydrogen-bond donors (Lipinski definition) is 1. The topological polar surface area (TPSA) is 39.7 Å². The third-order valence-corrected chi connectivity index (χ3v) is 3.71. The van der Waals surface area contributed by atoms with Crippen LogP contribution in [-0.4, -0.2) is 33.0 Å². The van der Waals surface area contributed by atoms with Crippen molar-refractivity contribution in [2.45, 2.75) is 45.3 Å². The Kier molecular flexibility index (Phi) is 6.83. The molecule has 4 nitrogen and oxygen atoms in total. The van der Waals surface area contributed by atoms with Crippen molar-refractivity contribution >= 4 is 0 Å². The summed E-state index contributed by atoms with van der Waals surface area (Å²) in [4.78, 5) is 0. The molecule has 1 atom stereocenters. The van der Waals surface area contributed by atoms with E-state index in [1.54, 1.807) is 7.11 Å². The lowest BCUT2D eigenvalue weighted by atomic mass is 10.1. The molecule has 0 amide bonds. The van der Waals surface area contributed by atoms with Crippen LogP contribution in [0.1, 0.15) is 38.2 Å². The smallest absolute Gasteiger partial charge is 0.165 e. The number of hydrogen-bond acceptors (Lipinski definition) is 4. The van der Waals surface area contributed by atoms with Crippen LogP contribution < -0.4 is 14.8 Å². The van der Waals surface area contributed by atoms with E-state index in [4.69, 9.17) is 14.2 Å². The van der Waals surface area contributed by atoms with Crippen molar-refractivity contribution in [3.8, 4) is 11.5 Å². The summed E-state index contributed by atoms with van der Waals surface area (Å²) in [6.45, 7) is 5.41. The molecule has 118 valence electrons. The van der Waals surface area contributed by atoms with E-state index in [0.717, 1.165) is 56.0 Å². The molecule has 1 aliphatic rings. The highest BCUT2D eigenvalue weighted by molar-refractivity contribution is 5.46. The monoisotopic (exact) mass is 293 g/mol. The molecule has 0 radical (unpaired) electrons. The van der Waals surface area contributed by atoms with Gasteiger partial charge >= 0.3 is 0 Å². The van der Waals surface area contributed by atoms with Crippen LogP contribution in [0.5, 0.6) is 11.5 Å². The molecule has 1 aliphatic heterocycles. The maximum absolute atomic E-state index is 6.04. The Labute approximate surface area is 127 Å². The Bertz CT molecular complexity index is 416. The Hall–Kier alpha value is -1.26. The fourth-order valence-electron chi connectivity index (χ4n) is 2.54. The Balaban J connectivity index is 1.99. The summed E-state index contributed by atoms with van der Waals surface area (Å²) in [7, 11) is 1.68. The van der Waals surface area contributed by atoms with Gasteiger partial charge < -0.3 is 19.5 Å². The Morgan fingerprint density at radius 3 is 2.95 bits per heavy atom. The number of para-hydroxylation sites is 1. The molecule has 0 aliphatic carbocycles. The van der Waals surface area contributed by atoms with Crippen LogP contribution in [0.2, 0.25) is 0 Å². The number of nitrogens with one attached hydrogen (secondary N) is 1. The van der Waals surface area contributed by atoms with E-state index >= 15 is 0 Å². The maximum Gasteiger partial charge on any atom is 0.165 e. The fourth-order valence-corrected chi connectivity index (χ4v) is 2.54. The van der Waals surface area contributed by atoms with Crippen molar-refractivity contribution in [3.05, 3.63) is 23.8 Å². The largest absolute Gasteiger partial charge is 0.493 e. The molecule has 0 saturated carbocycles. The molecule has 21 heavy (non-hydrogen) atoms. The molecule has 4 heteroatoms. The zero-order valence-electron chi connectivity index (χ0n) is 13.2. The first-order valence-electron chi connectivity index (χ1n) is 7.96. The normalized spacial score (nSPS) is 18.5. The molecule has 0 bridgehead atoms. The van der Waals surface area contributed by atoms with E-state index in [-0.39, 0.29) is 6.10 Å². The average Bonchev–Trinajstić information content (AvgIpc) is 2.54. The van der Waals surface area contributed by atoms with Crippen LogP contribution in [0, 0.1) is 0 Å². The van der Waals surface area contributed by atoms with Crippen molar-refractivity contribution in [2.24, 2.45) is 0 Å². The number of ether oxygens (including phenoxy) is 3. The molecular weight excluding hydrogens is 266 g/mol. The first-order valence-corrected chi connectivity index (χ1v) is 7.96. The van der Waals surface area contributed by atoms with Crippen molar-refractivity contribution in [1.29, 1.82) is 0 Å². The van der Waals surface area contributed by atoms with E-state index in [1.165, 1.54) is 6.42 Å². The van der Waals surface area contributed by atoms with Gasteiger partial charge in [-0.05, 0) is 38.3 Å². The second kappa shape index (κ2) is 8.90. The highest BCUT2D eigenvalue weighted by Gasteiger charge is 2.17. The van der Waals surface area contributed by atoms with E-state index in [2.05, 4.69) is 18.3 Å². The van der Waals surface area contributed by atoms with Gasteiger partial charge in [-0.15, -0.1) is 0 Å². The predicted molar refractivity (Wildman–Crippen MR) is 84.1 cm³/mol. The van der Waals surface area contributed by atoms with E-state index in [0.29, 0.717) is 6.61 Å². The fraction of sp³-hybridized carbons (Fsp3) is 0.647. The van der Waals surface area contributed by atoms with E-state index < -0.39 is 0 Å². The number of methoxy groups -OCH3 is 1. The molecule has 0 spiro atoms. The first kappa shape index (κ1) is 16.1. The Morgan fingerprint density at radius 1 is 1.33 bits per heavy atom.